The van der Waals surface area contributed by atoms with E-state index in [-0.39, 0.29) is 30.6 Å². The van der Waals surface area contributed by atoms with Gasteiger partial charge >= 0.3 is 5.97 Å². The van der Waals surface area contributed by atoms with E-state index in [2.05, 4.69) is 5.32 Å². The molecular weight excluding hydrogens is 346 g/mol. The monoisotopic (exact) mass is 369 g/mol. The highest BCUT2D eigenvalue weighted by atomic mass is 16.7. The molecule has 2 aliphatic heterocycles. The van der Waals surface area contributed by atoms with Crippen LogP contribution in [0.25, 0.3) is 0 Å². The van der Waals surface area contributed by atoms with E-state index in [0.717, 1.165) is 28.4 Å². The predicted octanol–water partition coefficient (Wildman–Crippen LogP) is 3.03. The van der Waals surface area contributed by atoms with Crippen molar-refractivity contribution in [3.63, 3.8) is 0 Å². The third-order valence-corrected chi connectivity index (χ3v) is 5.21. The summed E-state index contributed by atoms with van der Waals surface area (Å²) < 4.78 is 21.6. The fraction of sp³-hybridized carbons (Fsp3) is 0.381. The summed E-state index contributed by atoms with van der Waals surface area (Å²) in [5, 5.41) is 3.50. The van der Waals surface area contributed by atoms with Gasteiger partial charge in [0.05, 0.1) is 19.6 Å². The molecule has 0 amide bonds. The molecule has 1 N–H and O–H groups in total. The van der Waals surface area contributed by atoms with Crippen molar-refractivity contribution in [2.75, 3.05) is 27.1 Å². The molecule has 27 heavy (non-hydrogen) atoms. The first-order valence-corrected chi connectivity index (χ1v) is 9.14. The molecule has 6 nitrogen and oxygen atoms in total. The number of carbonyl (C=O) groups excluding carboxylic acids is 1. The summed E-state index contributed by atoms with van der Waals surface area (Å²) in [4.78, 5) is 12.8. The molecule has 0 radical (unpaired) electrons. The second kappa shape index (κ2) is 7.48. The van der Waals surface area contributed by atoms with Crippen LogP contribution in [-0.2, 0) is 9.53 Å². The fourth-order valence-corrected chi connectivity index (χ4v) is 3.88. The average Bonchev–Trinajstić information content (AvgIpc) is 3.34. The summed E-state index contributed by atoms with van der Waals surface area (Å²) in [5.41, 5.74) is 2.08. The molecule has 142 valence electrons. The fourth-order valence-electron chi connectivity index (χ4n) is 3.88. The standard InChI is InChI=1S/C21H23NO5/c1-3-25-21(23)19-16(14-6-9-17-18(10-14)27-12-26-17)11-22-20(19)13-4-7-15(24-2)8-5-13/h4-10,16,19-20,22H,3,11-12H2,1-2H3/t16?,19?,20-/m0/s1. The molecule has 1 saturated heterocycles. The van der Waals surface area contributed by atoms with E-state index in [0.29, 0.717) is 13.2 Å². The topological polar surface area (TPSA) is 66.0 Å². The number of esters is 1. The molecule has 0 bridgehead atoms. The quantitative estimate of drug-likeness (QED) is 0.818. The molecule has 2 heterocycles. The van der Waals surface area contributed by atoms with E-state index < -0.39 is 0 Å². The maximum atomic E-state index is 12.8. The maximum Gasteiger partial charge on any atom is 0.311 e. The SMILES string of the molecule is CCOC(=O)C1C(c2ccc3c(c2)OCO3)CN[C@H]1c1ccc(OC)cc1. The van der Waals surface area contributed by atoms with E-state index in [1.165, 1.54) is 0 Å². The lowest BCUT2D eigenvalue weighted by Crippen LogP contribution is -2.27. The van der Waals surface area contributed by atoms with Crippen molar-refractivity contribution in [3.8, 4) is 17.2 Å². The van der Waals surface area contributed by atoms with E-state index in [1.807, 2.05) is 49.4 Å². The molecule has 1 fully saturated rings. The van der Waals surface area contributed by atoms with Crippen molar-refractivity contribution in [1.29, 1.82) is 0 Å². The van der Waals surface area contributed by atoms with E-state index in [1.54, 1.807) is 7.11 Å². The summed E-state index contributed by atoms with van der Waals surface area (Å²) in [7, 11) is 1.64. The number of methoxy groups -OCH3 is 1. The molecule has 2 aromatic carbocycles. The number of nitrogens with one attached hydrogen (secondary N) is 1. The maximum absolute atomic E-state index is 12.8. The van der Waals surface area contributed by atoms with Crippen molar-refractivity contribution < 1.29 is 23.7 Å². The van der Waals surface area contributed by atoms with Gasteiger partial charge in [-0.1, -0.05) is 18.2 Å². The van der Waals surface area contributed by atoms with Gasteiger partial charge in [-0.15, -0.1) is 0 Å². The van der Waals surface area contributed by atoms with Gasteiger partial charge in [0.15, 0.2) is 11.5 Å². The summed E-state index contributed by atoms with van der Waals surface area (Å²) in [5.74, 6) is 1.74. The summed E-state index contributed by atoms with van der Waals surface area (Å²) in [6, 6.07) is 13.6. The number of carbonyl (C=O) groups is 1. The number of ether oxygens (including phenoxy) is 4. The Hall–Kier alpha value is -2.73. The largest absolute Gasteiger partial charge is 0.497 e. The van der Waals surface area contributed by atoms with Gasteiger partial charge in [-0.3, -0.25) is 4.79 Å². The van der Waals surface area contributed by atoms with Gasteiger partial charge in [0.2, 0.25) is 6.79 Å². The minimum Gasteiger partial charge on any atom is -0.497 e. The normalized spacial score (nSPS) is 23.3. The molecule has 3 atom stereocenters. The van der Waals surface area contributed by atoms with Gasteiger partial charge < -0.3 is 24.3 Å². The highest BCUT2D eigenvalue weighted by Crippen LogP contribution is 2.43. The number of hydrogen-bond acceptors (Lipinski definition) is 6. The molecule has 2 aliphatic rings. The Labute approximate surface area is 158 Å². The molecule has 0 aromatic heterocycles. The Morgan fingerprint density at radius 1 is 1.11 bits per heavy atom. The Balaban J connectivity index is 1.66. The third kappa shape index (κ3) is 3.32. The lowest BCUT2D eigenvalue weighted by Gasteiger charge is -2.23. The second-order valence-corrected chi connectivity index (χ2v) is 6.66. The molecule has 0 aliphatic carbocycles. The average molecular weight is 369 g/mol. The number of hydrogen-bond donors (Lipinski definition) is 1. The van der Waals surface area contributed by atoms with Crippen LogP contribution in [0, 0.1) is 5.92 Å². The van der Waals surface area contributed by atoms with E-state index in [4.69, 9.17) is 18.9 Å². The van der Waals surface area contributed by atoms with Crippen molar-refractivity contribution >= 4 is 5.97 Å². The van der Waals surface area contributed by atoms with E-state index in [9.17, 15) is 4.79 Å². The molecule has 2 unspecified atom stereocenters. The zero-order chi connectivity index (χ0) is 18.8. The Morgan fingerprint density at radius 2 is 1.85 bits per heavy atom. The van der Waals surface area contributed by atoms with Gasteiger partial charge in [-0.25, -0.2) is 0 Å². The van der Waals surface area contributed by atoms with Crippen LogP contribution < -0.4 is 19.5 Å². The summed E-state index contributed by atoms with van der Waals surface area (Å²) >= 11 is 0. The highest BCUT2D eigenvalue weighted by molar-refractivity contribution is 5.76. The number of benzene rings is 2. The van der Waals surface area contributed by atoms with Crippen molar-refractivity contribution in [1.82, 2.24) is 5.32 Å². The third-order valence-electron chi connectivity index (χ3n) is 5.21. The zero-order valence-electron chi connectivity index (χ0n) is 15.4. The lowest BCUT2D eigenvalue weighted by atomic mass is 9.83. The van der Waals surface area contributed by atoms with Gasteiger partial charge in [-0.05, 0) is 42.3 Å². The van der Waals surface area contributed by atoms with Gasteiger partial charge in [0.25, 0.3) is 0 Å². The molecular formula is C21H23NO5. The highest BCUT2D eigenvalue weighted by Gasteiger charge is 2.43. The Kier molecular flexibility index (Phi) is 4.90. The second-order valence-electron chi connectivity index (χ2n) is 6.66. The van der Waals surface area contributed by atoms with Crippen LogP contribution in [0.3, 0.4) is 0 Å². The first-order chi connectivity index (χ1) is 13.2. The first kappa shape index (κ1) is 17.7. The zero-order valence-corrected chi connectivity index (χ0v) is 15.4. The van der Waals surface area contributed by atoms with Crippen LogP contribution in [0.5, 0.6) is 17.2 Å². The lowest BCUT2D eigenvalue weighted by molar-refractivity contribution is -0.148. The minimum atomic E-state index is -0.321. The minimum absolute atomic E-state index is 0.00866. The molecule has 0 saturated carbocycles. The van der Waals surface area contributed by atoms with Gasteiger partial charge in [0, 0.05) is 18.5 Å². The van der Waals surface area contributed by atoms with Gasteiger partial charge in [0.1, 0.15) is 5.75 Å². The molecule has 0 spiro atoms. The van der Waals surface area contributed by atoms with Crippen LogP contribution in [0.4, 0.5) is 0 Å². The van der Waals surface area contributed by atoms with Gasteiger partial charge in [-0.2, -0.15) is 0 Å². The van der Waals surface area contributed by atoms with Crippen LogP contribution in [0.15, 0.2) is 42.5 Å². The summed E-state index contributed by atoms with van der Waals surface area (Å²) in [6.45, 7) is 3.11. The summed E-state index contributed by atoms with van der Waals surface area (Å²) in [6.07, 6.45) is 0. The van der Waals surface area contributed by atoms with Crippen molar-refractivity contribution in [2.24, 2.45) is 5.92 Å². The van der Waals surface area contributed by atoms with Crippen LogP contribution >= 0.6 is 0 Å². The molecule has 4 rings (SSSR count). The predicted molar refractivity (Wildman–Crippen MR) is 99.2 cm³/mol. The van der Waals surface area contributed by atoms with Crippen LogP contribution in [-0.4, -0.2) is 33.0 Å². The Morgan fingerprint density at radius 3 is 2.59 bits per heavy atom. The van der Waals surface area contributed by atoms with Crippen LogP contribution in [0.1, 0.15) is 30.0 Å². The first-order valence-electron chi connectivity index (χ1n) is 9.14. The molecule has 2 aromatic rings. The smallest absolute Gasteiger partial charge is 0.311 e. The Bertz CT molecular complexity index is 820. The van der Waals surface area contributed by atoms with Crippen molar-refractivity contribution in [3.05, 3.63) is 53.6 Å². The molecule has 6 heteroatoms. The van der Waals surface area contributed by atoms with Crippen molar-refractivity contribution in [2.45, 2.75) is 18.9 Å². The number of rotatable bonds is 5. The number of fused-ring (bicyclic) bond motifs is 1. The van der Waals surface area contributed by atoms with Crippen LogP contribution in [0.2, 0.25) is 0 Å². The van der Waals surface area contributed by atoms with E-state index >= 15 is 0 Å².